The third-order valence-corrected chi connectivity index (χ3v) is 1.91. The van der Waals surface area contributed by atoms with Gasteiger partial charge in [0.2, 0.25) is 5.89 Å². The molecule has 0 saturated carbocycles. The third kappa shape index (κ3) is 3.43. The van der Waals surface area contributed by atoms with Gasteiger partial charge in [-0.25, -0.2) is 0 Å². The fourth-order valence-corrected chi connectivity index (χ4v) is 0.994. The zero-order valence-electron chi connectivity index (χ0n) is 8.69. The van der Waals surface area contributed by atoms with Crippen molar-refractivity contribution < 1.29 is 9.26 Å². The van der Waals surface area contributed by atoms with Crippen molar-refractivity contribution >= 4 is 0 Å². The minimum atomic E-state index is 0.0930. The Bertz CT molecular complexity index is 262. The normalized spacial score (nSPS) is 13.1. The number of aromatic nitrogens is 2. The summed E-state index contributed by atoms with van der Waals surface area (Å²) in [4.78, 5) is 4.15. The number of hydrogen-bond donors (Lipinski definition) is 1. The van der Waals surface area contributed by atoms with Crippen LogP contribution in [0.2, 0.25) is 0 Å². The van der Waals surface area contributed by atoms with Crippen LogP contribution >= 0.6 is 0 Å². The van der Waals surface area contributed by atoms with E-state index in [1.807, 2.05) is 13.8 Å². The highest BCUT2D eigenvalue weighted by molar-refractivity contribution is 4.87. The molecular formula is C9H17N3O2. The molecule has 0 fully saturated rings. The van der Waals surface area contributed by atoms with E-state index in [4.69, 9.17) is 15.0 Å². The second-order valence-electron chi connectivity index (χ2n) is 3.11. The van der Waals surface area contributed by atoms with Gasteiger partial charge in [0, 0.05) is 19.1 Å². The van der Waals surface area contributed by atoms with E-state index in [1.165, 1.54) is 0 Å². The molecule has 0 aromatic carbocycles. The van der Waals surface area contributed by atoms with Gasteiger partial charge in [-0.15, -0.1) is 0 Å². The zero-order chi connectivity index (χ0) is 10.4. The van der Waals surface area contributed by atoms with E-state index in [-0.39, 0.29) is 6.04 Å². The van der Waals surface area contributed by atoms with Crippen molar-refractivity contribution in [3.8, 4) is 0 Å². The first kappa shape index (κ1) is 11.1. The Morgan fingerprint density at radius 1 is 1.50 bits per heavy atom. The number of ether oxygens (including phenoxy) is 1. The first-order valence-corrected chi connectivity index (χ1v) is 4.91. The van der Waals surface area contributed by atoms with E-state index in [0.29, 0.717) is 31.3 Å². The minimum Gasteiger partial charge on any atom is -0.374 e. The Labute approximate surface area is 83.6 Å². The van der Waals surface area contributed by atoms with Crippen LogP contribution in [0.1, 0.15) is 32.0 Å². The predicted molar refractivity (Wildman–Crippen MR) is 51.6 cm³/mol. The van der Waals surface area contributed by atoms with Crippen LogP contribution in [-0.4, -0.2) is 22.8 Å². The molecule has 0 aliphatic carbocycles. The summed E-state index contributed by atoms with van der Waals surface area (Å²) in [5.41, 5.74) is 5.76. The van der Waals surface area contributed by atoms with Gasteiger partial charge in [-0.3, -0.25) is 0 Å². The Hall–Kier alpha value is -0.940. The second kappa shape index (κ2) is 5.72. The summed E-state index contributed by atoms with van der Waals surface area (Å²) in [6.45, 7) is 5.01. The monoisotopic (exact) mass is 199 g/mol. The molecule has 0 radical (unpaired) electrons. The summed E-state index contributed by atoms with van der Waals surface area (Å²) in [6.07, 6.45) is 1.54. The Morgan fingerprint density at radius 3 is 2.93 bits per heavy atom. The van der Waals surface area contributed by atoms with Crippen LogP contribution in [0, 0.1) is 0 Å². The molecule has 5 heteroatoms. The molecule has 0 spiro atoms. The lowest BCUT2D eigenvalue weighted by Gasteiger charge is -2.02. The van der Waals surface area contributed by atoms with Crippen LogP contribution in [0.15, 0.2) is 4.52 Å². The van der Waals surface area contributed by atoms with Crippen LogP contribution in [-0.2, 0) is 17.8 Å². The standard InChI is InChI=1S/C9H17N3O2/c1-3-7(10)5-9-11-8(12-14-9)6-13-4-2/h7H,3-6,10H2,1-2H3. The van der Waals surface area contributed by atoms with Gasteiger partial charge in [-0.1, -0.05) is 12.1 Å². The van der Waals surface area contributed by atoms with Gasteiger partial charge in [0.25, 0.3) is 0 Å². The van der Waals surface area contributed by atoms with Crippen LogP contribution < -0.4 is 5.73 Å². The lowest BCUT2D eigenvalue weighted by Crippen LogP contribution is -2.21. The molecule has 1 heterocycles. The summed E-state index contributed by atoms with van der Waals surface area (Å²) in [7, 11) is 0. The number of nitrogens with zero attached hydrogens (tertiary/aromatic N) is 2. The SMILES string of the molecule is CCOCc1noc(CC(N)CC)n1. The maximum atomic E-state index is 5.76. The van der Waals surface area contributed by atoms with E-state index >= 15 is 0 Å². The molecule has 1 rings (SSSR count). The van der Waals surface area contributed by atoms with E-state index in [1.54, 1.807) is 0 Å². The van der Waals surface area contributed by atoms with Crippen molar-refractivity contribution in [3.63, 3.8) is 0 Å². The first-order valence-electron chi connectivity index (χ1n) is 4.91. The molecular weight excluding hydrogens is 182 g/mol. The van der Waals surface area contributed by atoms with Gasteiger partial charge >= 0.3 is 0 Å². The van der Waals surface area contributed by atoms with E-state index in [2.05, 4.69) is 10.1 Å². The van der Waals surface area contributed by atoms with Crippen LogP contribution in [0.3, 0.4) is 0 Å². The number of nitrogens with two attached hydrogens (primary N) is 1. The Morgan fingerprint density at radius 2 is 2.29 bits per heavy atom. The quantitative estimate of drug-likeness (QED) is 0.736. The molecule has 0 saturated heterocycles. The summed E-state index contributed by atoms with van der Waals surface area (Å²) in [5.74, 6) is 1.18. The molecule has 2 N–H and O–H groups in total. The molecule has 0 aliphatic rings. The topological polar surface area (TPSA) is 74.2 Å². The molecule has 0 aliphatic heterocycles. The summed E-state index contributed by atoms with van der Waals surface area (Å²) < 4.78 is 10.2. The maximum absolute atomic E-state index is 5.76. The highest BCUT2D eigenvalue weighted by atomic mass is 16.5. The van der Waals surface area contributed by atoms with Gasteiger partial charge in [-0.05, 0) is 13.3 Å². The smallest absolute Gasteiger partial charge is 0.228 e. The van der Waals surface area contributed by atoms with E-state index in [9.17, 15) is 0 Å². The molecule has 80 valence electrons. The Balaban J connectivity index is 2.42. The largest absolute Gasteiger partial charge is 0.374 e. The summed E-state index contributed by atoms with van der Waals surface area (Å²) in [5, 5.41) is 3.77. The lowest BCUT2D eigenvalue weighted by atomic mass is 10.2. The average molecular weight is 199 g/mol. The molecule has 5 nitrogen and oxygen atoms in total. The second-order valence-corrected chi connectivity index (χ2v) is 3.11. The maximum Gasteiger partial charge on any atom is 0.228 e. The van der Waals surface area contributed by atoms with Gasteiger partial charge in [-0.2, -0.15) is 4.98 Å². The van der Waals surface area contributed by atoms with Crippen LogP contribution in [0.4, 0.5) is 0 Å². The van der Waals surface area contributed by atoms with Gasteiger partial charge in [0.1, 0.15) is 6.61 Å². The van der Waals surface area contributed by atoms with Crippen LogP contribution in [0.25, 0.3) is 0 Å². The highest BCUT2D eigenvalue weighted by Crippen LogP contribution is 2.03. The Kier molecular flexibility index (Phi) is 4.55. The number of rotatable bonds is 6. The van der Waals surface area contributed by atoms with Crippen molar-refractivity contribution in [1.29, 1.82) is 0 Å². The average Bonchev–Trinajstić information content (AvgIpc) is 2.62. The van der Waals surface area contributed by atoms with Gasteiger partial charge < -0.3 is 15.0 Å². The fourth-order valence-electron chi connectivity index (χ4n) is 0.994. The lowest BCUT2D eigenvalue weighted by molar-refractivity contribution is 0.126. The zero-order valence-corrected chi connectivity index (χ0v) is 8.69. The molecule has 1 aromatic heterocycles. The fraction of sp³-hybridized carbons (Fsp3) is 0.778. The molecule has 1 aromatic rings. The first-order chi connectivity index (χ1) is 6.76. The molecule has 1 atom stereocenters. The van der Waals surface area contributed by atoms with Crippen molar-refractivity contribution in [1.82, 2.24) is 10.1 Å². The predicted octanol–water partition coefficient (Wildman–Crippen LogP) is 0.886. The van der Waals surface area contributed by atoms with Crippen molar-refractivity contribution in [2.45, 2.75) is 39.3 Å². The van der Waals surface area contributed by atoms with E-state index in [0.717, 1.165) is 6.42 Å². The molecule has 1 unspecified atom stereocenters. The van der Waals surface area contributed by atoms with E-state index < -0.39 is 0 Å². The van der Waals surface area contributed by atoms with Crippen LogP contribution in [0.5, 0.6) is 0 Å². The van der Waals surface area contributed by atoms with Gasteiger partial charge in [0.15, 0.2) is 5.82 Å². The van der Waals surface area contributed by atoms with Crippen molar-refractivity contribution in [2.24, 2.45) is 5.73 Å². The summed E-state index contributed by atoms with van der Waals surface area (Å²) in [6, 6.07) is 0.0930. The number of hydrogen-bond acceptors (Lipinski definition) is 5. The van der Waals surface area contributed by atoms with Crippen molar-refractivity contribution in [2.75, 3.05) is 6.61 Å². The molecule has 14 heavy (non-hydrogen) atoms. The molecule has 0 bridgehead atoms. The minimum absolute atomic E-state index is 0.0930. The third-order valence-electron chi connectivity index (χ3n) is 1.91. The summed E-state index contributed by atoms with van der Waals surface area (Å²) >= 11 is 0. The molecule has 0 amide bonds. The van der Waals surface area contributed by atoms with Gasteiger partial charge in [0.05, 0.1) is 0 Å². The van der Waals surface area contributed by atoms with Crippen molar-refractivity contribution in [3.05, 3.63) is 11.7 Å². The highest BCUT2D eigenvalue weighted by Gasteiger charge is 2.09.